The number of nitrogens with one attached hydrogen (secondary N) is 1. The molecule has 17 heavy (non-hydrogen) atoms. The van der Waals surface area contributed by atoms with Crippen molar-refractivity contribution in [3.8, 4) is 5.75 Å². The fraction of sp³-hybridized carbons (Fsp3) is 0.462. The fourth-order valence-corrected chi connectivity index (χ4v) is 2.24. The highest BCUT2D eigenvalue weighted by atomic mass is 32.1. The van der Waals surface area contributed by atoms with Gasteiger partial charge in [0.25, 0.3) is 0 Å². The number of thiol groups is 1. The van der Waals surface area contributed by atoms with Crippen molar-refractivity contribution in [1.29, 1.82) is 0 Å². The number of rotatable bonds is 5. The molecule has 1 fully saturated rings. The van der Waals surface area contributed by atoms with Gasteiger partial charge in [-0.3, -0.25) is 4.79 Å². The number of methoxy groups -OCH3 is 1. The van der Waals surface area contributed by atoms with E-state index in [2.05, 4.69) is 17.9 Å². The lowest BCUT2D eigenvalue weighted by Crippen LogP contribution is -2.18. The molecule has 0 atom stereocenters. The average molecular weight is 251 g/mol. The number of ether oxygens (including phenoxy) is 1. The van der Waals surface area contributed by atoms with Gasteiger partial charge in [-0.25, -0.2) is 0 Å². The molecule has 1 aliphatic rings. The fourth-order valence-electron chi connectivity index (χ4n) is 1.81. The molecule has 0 bridgehead atoms. The maximum Gasteiger partial charge on any atom is 0.224 e. The Bertz CT molecular complexity index is 416. The molecule has 1 aromatic rings. The summed E-state index contributed by atoms with van der Waals surface area (Å²) in [4.78, 5) is 11.8. The van der Waals surface area contributed by atoms with Gasteiger partial charge in [0.05, 0.1) is 7.11 Å². The van der Waals surface area contributed by atoms with Crippen molar-refractivity contribution in [3.63, 3.8) is 0 Å². The Kier molecular flexibility index (Phi) is 3.62. The first-order chi connectivity index (χ1) is 8.17. The minimum atomic E-state index is 0.0600. The third-order valence-electron chi connectivity index (χ3n) is 3.18. The van der Waals surface area contributed by atoms with Gasteiger partial charge >= 0.3 is 0 Å². The second-order valence-electron chi connectivity index (χ2n) is 4.62. The van der Waals surface area contributed by atoms with Crippen LogP contribution in [0.5, 0.6) is 5.75 Å². The third-order valence-corrected chi connectivity index (χ3v) is 3.85. The molecule has 1 N–H and O–H groups in total. The number of benzene rings is 1. The molecule has 1 saturated carbocycles. The van der Waals surface area contributed by atoms with Gasteiger partial charge in [-0.15, -0.1) is 0 Å². The number of hydrogen-bond acceptors (Lipinski definition) is 3. The lowest BCUT2D eigenvalue weighted by Gasteiger charge is -2.12. The van der Waals surface area contributed by atoms with Crippen LogP contribution in [0.2, 0.25) is 0 Å². The highest BCUT2D eigenvalue weighted by Gasteiger charge is 2.42. The highest BCUT2D eigenvalue weighted by Crippen LogP contribution is 2.49. The van der Waals surface area contributed by atoms with Crippen molar-refractivity contribution in [3.05, 3.63) is 24.3 Å². The normalized spacial score (nSPS) is 16.4. The van der Waals surface area contributed by atoms with Crippen LogP contribution in [0, 0.1) is 5.41 Å². The van der Waals surface area contributed by atoms with E-state index in [0.29, 0.717) is 6.42 Å². The van der Waals surface area contributed by atoms with E-state index in [4.69, 9.17) is 4.74 Å². The molecule has 1 aliphatic carbocycles. The Labute approximate surface area is 107 Å². The van der Waals surface area contributed by atoms with Gasteiger partial charge in [0.15, 0.2) is 0 Å². The van der Waals surface area contributed by atoms with Gasteiger partial charge in [-0.2, -0.15) is 12.6 Å². The quantitative estimate of drug-likeness (QED) is 0.790. The summed E-state index contributed by atoms with van der Waals surface area (Å²) in [6.07, 6.45) is 2.79. The molecule has 1 amide bonds. The Morgan fingerprint density at radius 2 is 2.29 bits per heavy atom. The summed E-state index contributed by atoms with van der Waals surface area (Å²) in [5.74, 6) is 1.60. The lowest BCUT2D eigenvalue weighted by atomic mass is 10.1. The second-order valence-corrected chi connectivity index (χ2v) is 4.93. The van der Waals surface area contributed by atoms with Gasteiger partial charge in [-0.1, -0.05) is 6.07 Å². The van der Waals surface area contributed by atoms with Crippen LogP contribution < -0.4 is 10.1 Å². The molecule has 0 aromatic heterocycles. The van der Waals surface area contributed by atoms with Crippen LogP contribution in [0.3, 0.4) is 0 Å². The van der Waals surface area contributed by atoms with E-state index in [0.717, 1.165) is 30.0 Å². The summed E-state index contributed by atoms with van der Waals surface area (Å²) in [6.45, 7) is 0. The maximum atomic E-state index is 11.8. The highest BCUT2D eigenvalue weighted by molar-refractivity contribution is 7.80. The molecule has 0 aliphatic heterocycles. The van der Waals surface area contributed by atoms with Gasteiger partial charge < -0.3 is 10.1 Å². The molecule has 1 aromatic carbocycles. The topological polar surface area (TPSA) is 38.3 Å². The lowest BCUT2D eigenvalue weighted by molar-refractivity contribution is -0.117. The van der Waals surface area contributed by atoms with Crippen molar-refractivity contribution in [1.82, 2.24) is 0 Å². The van der Waals surface area contributed by atoms with Crippen molar-refractivity contribution in [2.75, 3.05) is 18.2 Å². The predicted octanol–water partition coefficient (Wildman–Crippen LogP) is 2.73. The van der Waals surface area contributed by atoms with E-state index in [1.54, 1.807) is 7.11 Å². The number of anilines is 1. The summed E-state index contributed by atoms with van der Waals surface area (Å²) in [5, 5.41) is 2.89. The van der Waals surface area contributed by atoms with Crippen molar-refractivity contribution in [2.45, 2.75) is 19.3 Å². The first-order valence-electron chi connectivity index (χ1n) is 5.72. The summed E-state index contributed by atoms with van der Waals surface area (Å²) >= 11 is 4.30. The molecule has 4 heteroatoms. The zero-order chi connectivity index (χ0) is 12.3. The van der Waals surface area contributed by atoms with Gasteiger partial charge in [0.1, 0.15) is 5.75 Å². The molecular weight excluding hydrogens is 234 g/mol. The Morgan fingerprint density at radius 3 is 2.88 bits per heavy atom. The number of hydrogen-bond donors (Lipinski definition) is 2. The van der Waals surface area contributed by atoms with Crippen LogP contribution in [0.15, 0.2) is 24.3 Å². The molecule has 92 valence electrons. The van der Waals surface area contributed by atoms with E-state index < -0.39 is 0 Å². The summed E-state index contributed by atoms with van der Waals surface area (Å²) in [7, 11) is 1.61. The molecule has 0 radical (unpaired) electrons. The molecular formula is C13H17NO2S. The molecule has 0 saturated heterocycles. The number of carbonyl (C=O) groups excluding carboxylic acids is 1. The van der Waals surface area contributed by atoms with E-state index in [-0.39, 0.29) is 11.3 Å². The molecule has 0 heterocycles. The van der Waals surface area contributed by atoms with Crippen LogP contribution in [0.1, 0.15) is 19.3 Å². The Hall–Kier alpha value is -1.16. The van der Waals surface area contributed by atoms with Crippen molar-refractivity contribution < 1.29 is 9.53 Å². The van der Waals surface area contributed by atoms with Crippen LogP contribution in [0.25, 0.3) is 0 Å². The minimum Gasteiger partial charge on any atom is -0.497 e. The van der Waals surface area contributed by atoms with Crippen LogP contribution in [-0.2, 0) is 4.79 Å². The van der Waals surface area contributed by atoms with E-state index >= 15 is 0 Å². The number of carbonyl (C=O) groups is 1. The maximum absolute atomic E-state index is 11.8. The summed E-state index contributed by atoms with van der Waals surface area (Å²) in [5.41, 5.74) is 0.941. The van der Waals surface area contributed by atoms with Gasteiger partial charge in [0, 0.05) is 18.2 Å². The SMILES string of the molecule is COc1cccc(NC(=O)CC2(CS)CC2)c1. The smallest absolute Gasteiger partial charge is 0.224 e. The molecule has 3 nitrogen and oxygen atoms in total. The first kappa shape index (κ1) is 12.3. The first-order valence-corrected chi connectivity index (χ1v) is 6.35. The summed E-state index contributed by atoms with van der Waals surface area (Å²) < 4.78 is 5.11. The Morgan fingerprint density at radius 1 is 1.53 bits per heavy atom. The van der Waals surface area contributed by atoms with Crippen molar-refractivity contribution >= 4 is 24.2 Å². The third kappa shape index (κ3) is 3.16. The predicted molar refractivity (Wildman–Crippen MR) is 71.8 cm³/mol. The Balaban J connectivity index is 1.93. The van der Waals surface area contributed by atoms with Crippen LogP contribution in [0.4, 0.5) is 5.69 Å². The molecule has 0 spiro atoms. The van der Waals surface area contributed by atoms with E-state index in [1.165, 1.54) is 0 Å². The standard InChI is InChI=1S/C13H17NO2S/c1-16-11-4-2-3-10(7-11)14-12(15)8-13(9-17)5-6-13/h2-4,7,17H,5-6,8-9H2,1H3,(H,14,15). The molecule has 2 rings (SSSR count). The molecule has 0 unspecified atom stereocenters. The summed E-state index contributed by atoms with van der Waals surface area (Å²) in [6, 6.07) is 7.39. The average Bonchev–Trinajstić information content (AvgIpc) is 3.09. The minimum absolute atomic E-state index is 0.0600. The van der Waals surface area contributed by atoms with Gasteiger partial charge in [0.2, 0.25) is 5.91 Å². The largest absolute Gasteiger partial charge is 0.497 e. The van der Waals surface area contributed by atoms with Gasteiger partial charge in [-0.05, 0) is 36.1 Å². The van der Waals surface area contributed by atoms with Crippen LogP contribution >= 0.6 is 12.6 Å². The van der Waals surface area contributed by atoms with Crippen LogP contribution in [-0.4, -0.2) is 18.8 Å². The van der Waals surface area contributed by atoms with Crippen molar-refractivity contribution in [2.24, 2.45) is 5.41 Å². The zero-order valence-electron chi connectivity index (χ0n) is 9.90. The van der Waals surface area contributed by atoms with E-state index in [9.17, 15) is 4.79 Å². The number of amides is 1. The zero-order valence-corrected chi connectivity index (χ0v) is 10.8. The van der Waals surface area contributed by atoms with E-state index in [1.807, 2.05) is 24.3 Å². The monoisotopic (exact) mass is 251 g/mol. The second kappa shape index (κ2) is 5.00.